The van der Waals surface area contributed by atoms with Gasteiger partial charge in [0.25, 0.3) is 0 Å². The zero-order chi connectivity index (χ0) is 10.4. The van der Waals surface area contributed by atoms with Gasteiger partial charge in [0, 0.05) is 18.2 Å². The van der Waals surface area contributed by atoms with Gasteiger partial charge in [0.05, 0.1) is 6.26 Å². The molecule has 0 aliphatic rings. The van der Waals surface area contributed by atoms with Gasteiger partial charge in [-0.15, -0.1) is 0 Å². The Morgan fingerprint density at radius 2 is 2.36 bits per heavy atom. The normalized spacial score (nSPS) is 13.4. The highest BCUT2D eigenvalue weighted by atomic mass is 32.2. The molecule has 0 saturated heterocycles. The van der Waals surface area contributed by atoms with Crippen LogP contribution in [0.2, 0.25) is 0 Å². The maximum Gasteiger partial charge on any atom is 0.105 e. The van der Waals surface area contributed by atoms with E-state index in [2.05, 4.69) is 19.3 Å². The van der Waals surface area contributed by atoms with Crippen molar-refractivity contribution in [1.82, 2.24) is 5.43 Å². The molecule has 1 aromatic rings. The molecule has 0 aliphatic heterocycles. The number of furan rings is 1. The van der Waals surface area contributed by atoms with Crippen molar-refractivity contribution in [3.8, 4) is 0 Å². The van der Waals surface area contributed by atoms with Gasteiger partial charge in [0.2, 0.25) is 0 Å². The molecule has 0 radical (unpaired) electrons. The Bertz CT molecular complexity index is 236. The summed E-state index contributed by atoms with van der Waals surface area (Å²) in [5.41, 5.74) is 2.81. The van der Waals surface area contributed by atoms with Crippen molar-refractivity contribution in [1.29, 1.82) is 0 Å². The SMILES string of the molecule is CC(C)SCC(Cc1ccco1)NN. The van der Waals surface area contributed by atoms with E-state index in [0.717, 1.165) is 17.9 Å². The summed E-state index contributed by atoms with van der Waals surface area (Å²) in [7, 11) is 0. The van der Waals surface area contributed by atoms with Crippen molar-refractivity contribution in [3.63, 3.8) is 0 Å². The van der Waals surface area contributed by atoms with Crippen LogP contribution in [0.3, 0.4) is 0 Å². The Hall–Kier alpha value is -0.450. The van der Waals surface area contributed by atoms with E-state index >= 15 is 0 Å². The molecule has 0 spiro atoms. The maximum atomic E-state index is 5.47. The van der Waals surface area contributed by atoms with Crippen LogP contribution in [0.5, 0.6) is 0 Å². The van der Waals surface area contributed by atoms with Gasteiger partial charge in [-0.25, -0.2) is 0 Å². The van der Waals surface area contributed by atoms with Gasteiger partial charge in [-0.05, 0) is 17.4 Å². The highest BCUT2D eigenvalue weighted by Crippen LogP contribution is 2.13. The molecule has 1 atom stereocenters. The zero-order valence-corrected chi connectivity index (χ0v) is 9.51. The number of rotatable bonds is 6. The quantitative estimate of drug-likeness (QED) is 0.560. The fourth-order valence-electron chi connectivity index (χ4n) is 1.15. The Kier molecular flexibility index (Phi) is 5.07. The lowest BCUT2D eigenvalue weighted by Gasteiger charge is -2.15. The predicted octanol–water partition coefficient (Wildman–Crippen LogP) is 1.80. The van der Waals surface area contributed by atoms with Crippen molar-refractivity contribution >= 4 is 11.8 Å². The van der Waals surface area contributed by atoms with Gasteiger partial charge in [-0.2, -0.15) is 11.8 Å². The monoisotopic (exact) mass is 214 g/mol. The first-order valence-electron chi connectivity index (χ1n) is 4.82. The minimum atomic E-state index is 0.286. The summed E-state index contributed by atoms with van der Waals surface area (Å²) in [5, 5.41) is 0.641. The van der Waals surface area contributed by atoms with Crippen molar-refractivity contribution in [2.45, 2.75) is 31.6 Å². The first-order valence-corrected chi connectivity index (χ1v) is 5.87. The van der Waals surface area contributed by atoms with E-state index in [-0.39, 0.29) is 6.04 Å². The number of nitrogens with one attached hydrogen (secondary N) is 1. The molecule has 3 nitrogen and oxygen atoms in total. The van der Waals surface area contributed by atoms with Crippen LogP contribution >= 0.6 is 11.8 Å². The third-order valence-electron chi connectivity index (χ3n) is 1.89. The summed E-state index contributed by atoms with van der Waals surface area (Å²) in [6.07, 6.45) is 2.54. The molecule has 3 N–H and O–H groups in total. The van der Waals surface area contributed by atoms with Crippen molar-refractivity contribution < 1.29 is 4.42 Å². The first kappa shape index (κ1) is 11.6. The van der Waals surface area contributed by atoms with Crippen LogP contribution in [0.1, 0.15) is 19.6 Å². The lowest BCUT2D eigenvalue weighted by atomic mass is 10.2. The Morgan fingerprint density at radius 3 is 2.86 bits per heavy atom. The number of thioether (sulfide) groups is 1. The lowest BCUT2D eigenvalue weighted by Crippen LogP contribution is -2.38. The molecule has 0 aliphatic carbocycles. The Balaban J connectivity index is 2.32. The summed E-state index contributed by atoms with van der Waals surface area (Å²) in [6, 6.07) is 4.16. The highest BCUT2D eigenvalue weighted by Gasteiger charge is 2.10. The fraction of sp³-hybridized carbons (Fsp3) is 0.600. The number of hydrogen-bond acceptors (Lipinski definition) is 4. The second-order valence-electron chi connectivity index (χ2n) is 3.53. The molecule has 4 heteroatoms. The van der Waals surface area contributed by atoms with Crippen LogP contribution in [0, 0.1) is 0 Å². The molecule has 1 aromatic heterocycles. The molecule has 1 heterocycles. The van der Waals surface area contributed by atoms with Gasteiger partial charge in [0.15, 0.2) is 0 Å². The molecule has 0 fully saturated rings. The van der Waals surface area contributed by atoms with Crippen LogP contribution in [-0.4, -0.2) is 17.0 Å². The van der Waals surface area contributed by atoms with Crippen LogP contribution in [0.25, 0.3) is 0 Å². The third-order valence-corrected chi connectivity index (χ3v) is 3.16. The van der Waals surface area contributed by atoms with E-state index in [0.29, 0.717) is 5.25 Å². The smallest absolute Gasteiger partial charge is 0.105 e. The summed E-state index contributed by atoms with van der Waals surface area (Å²) in [5.74, 6) is 7.46. The summed E-state index contributed by atoms with van der Waals surface area (Å²) in [6.45, 7) is 4.37. The van der Waals surface area contributed by atoms with Gasteiger partial charge in [-0.1, -0.05) is 13.8 Å². The molecule has 1 rings (SSSR count). The predicted molar refractivity (Wildman–Crippen MR) is 61.1 cm³/mol. The topological polar surface area (TPSA) is 51.2 Å². The summed E-state index contributed by atoms with van der Waals surface area (Å²) >= 11 is 1.90. The molecule has 1 unspecified atom stereocenters. The van der Waals surface area contributed by atoms with Crippen molar-refractivity contribution in [3.05, 3.63) is 24.2 Å². The highest BCUT2D eigenvalue weighted by molar-refractivity contribution is 7.99. The largest absolute Gasteiger partial charge is 0.469 e. The van der Waals surface area contributed by atoms with Crippen LogP contribution in [-0.2, 0) is 6.42 Å². The van der Waals surface area contributed by atoms with Gasteiger partial charge in [0.1, 0.15) is 5.76 Å². The lowest BCUT2D eigenvalue weighted by molar-refractivity contribution is 0.465. The number of hydrazine groups is 1. The van der Waals surface area contributed by atoms with Gasteiger partial charge >= 0.3 is 0 Å². The van der Waals surface area contributed by atoms with E-state index in [1.54, 1.807) is 6.26 Å². The van der Waals surface area contributed by atoms with Crippen LogP contribution in [0.15, 0.2) is 22.8 Å². The fourth-order valence-corrected chi connectivity index (χ4v) is 1.98. The molecule has 0 aromatic carbocycles. The zero-order valence-electron chi connectivity index (χ0n) is 8.69. The average Bonchev–Trinajstić information content (AvgIpc) is 2.64. The van der Waals surface area contributed by atoms with E-state index in [1.807, 2.05) is 23.9 Å². The van der Waals surface area contributed by atoms with E-state index < -0.39 is 0 Å². The molecule has 0 saturated carbocycles. The second-order valence-corrected chi connectivity index (χ2v) is 5.14. The van der Waals surface area contributed by atoms with Crippen LogP contribution < -0.4 is 11.3 Å². The molecule has 80 valence electrons. The van der Waals surface area contributed by atoms with E-state index in [9.17, 15) is 0 Å². The Labute approximate surface area is 89.4 Å². The minimum Gasteiger partial charge on any atom is -0.469 e. The first-order chi connectivity index (χ1) is 6.72. The van der Waals surface area contributed by atoms with Crippen molar-refractivity contribution in [2.24, 2.45) is 5.84 Å². The third kappa shape index (κ3) is 4.17. The molecule has 0 amide bonds. The maximum absolute atomic E-state index is 5.47. The number of hydrogen-bond donors (Lipinski definition) is 2. The van der Waals surface area contributed by atoms with E-state index in [1.165, 1.54) is 0 Å². The Morgan fingerprint density at radius 1 is 1.57 bits per heavy atom. The van der Waals surface area contributed by atoms with Gasteiger partial charge < -0.3 is 4.42 Å². The molecule has 14 heavy (non-hydrogen) atoms. The van der Waals surface area contributed by atoms with E-state index in [4.69, 9.17) is 10.3 Å². The number of nitrogens with two attached hydrogens (primary N) is 1. The molecule has 0 bridgehead atoms. The second kappa shape index (κ2) is 6.11. The van der Waals surface area contributed by atoms with Crippen molar-refractivity contribution in [2.75, 3.05) is 5.75 Å². The van der Waals surface area contributed by atoms with Crippen LogP contribution in [0.4, 0.5) is 0 Å². The summed E-state index contributed by atoms with van der Waals surface area (Å²) in [4.78, 5) is 0. The standard InChI is InChI=1S/C10H18N2OS/c1-8(2)14-7-9(12-11)6-10-4-3-5-13-10/h3-5,8-9,12H,6-7,11H2,1-2H3. The minimum absolute atomic E-state index is 0.286. The van der Waals surface area contributed by atoms with Gasteiger partial charge in [-0.3, -0.25) is 11.3 Å². The summed E-state index contributed by atoms with van der Waals surface area (Å²) < 4.78 is 5.27. The molecular weight excluding hydrogens is 196 g/mol. The average molecular weight is 214 g/mol. The molecular formula is C10H18N2OS.